The molecule has 2 aromatic rings. The van der Waals surface area contributed by atoms with Gasteiger partial charge in [0.25, 0.3) is 5.91 Å². The monoisotopic (exact) mass is 318 g/mol. The zero-order valence-electron chi connectivity index (χ0n) is 10.9. The topological polar surface area (TPSA) is 42.0 Å². The van der Waals surface area contributed by atoms with E-state index in [1.54, 1.807) is 18.3 Å². The van der Waals surface area contributed by atoms with Crippen LogP contribution in [0.3, 0.4) is 0 Å². The second-order valence-electron chi connectivity index (χ2n) is 4.60. The number of nitrogens with zero attached hydrogens (tertiary/aromatic N) is 1. The van der Waals surface area contributed by atoms with Crippen molar-refractivity contribution in [1.29, 1.82) is 0 Å². The lowest BCUT2D eigenvalue weighted by Crippen LogP contribution is -2.12. The van der Waals surface area contributed by atoms with Gasteiger partial charge in [0.1, 0.15) is 4.60 Å². The Bertz CT molecular complexity index is 596. The Kier molecular flexibility index (Phi) is 4.32. The predicted octanol–water partition coefficient (Wildman–Crippen LogP) is 4.22. The summed E-state index contributed by atoms with van der Waals surface area (Å²) in [5, 5.41) is 2.89. The van der Waals surface area contributed by atoms with Crippen molar-refractivity contribution in [2.75, 3.05) is 5.32 Å². The third kappa shape index (κ3) is 3.64. The summed E-state index contributed by atoms with van der Waals surface area (Å²) < 4.78 is 0.649. The minimum atomic E-state index is -0.135. The van der Waals surface area contributed by atoms with Gasteiger partial charge in [-0.25, -0.2) is 4.98 Å². The molecule has 0 unspecified atom stereocenters. The van der Waals surface area contributed by atoms with Gasteiger partial charge in [0.15, 0.2) is 0 Å². The quantitative estimate of drug-likeness (QED) is 0.861. The number of halogens is 1. The van der Waals surface area contributed by atoms with Crippen LogP contribution in [-0.2, 0) is 0 Å². The van der Waals surface area contributed by atoms with Gasteiger partial charge in [-0.2, -0.15) is 0 Å². The molecule has 0 aliphatic rings. The van der Waals surface area contributed by atoms with E-state index < -0.39 is 0 Å². The summed E-state index contributed by atoms with van der Waals surface area (Å²) in [7, 11) is 0. The number of nitrogens with one attached hydrogen (secondary N) is 1. The Morgan fingerprint density at radius 3 is 2.74 bits per heavy atom. The van der Waals surface area contributed by atoms with Gasteiger partial charge in [0.2, 0.25) is 0 Å². The van der Waals surface area contributed by atoms with Crippen LogP contribution in [0.5, 0.6) is 0 Å². The van der Waals surface area contributed by atoms with E-state index in [1.165, 1.54) is 5.56 Å². The average Bonchev–Trinajstić information content (AvgIpc) is 2.39. The summed E-state index contributed by atoms with van der Waals surface area (Å²) in [4.78, 5) is 16.1. The fraction of sp³-hybridized carbons (Fsp3) is 0.200. The van der Waals surface area contributed by atoms with E-state index in [4.69, 9.17) is 0 Å². The minimum Gasteiger partial charge on any atom is -0.322 e. The molecular weight excluding hydrogens is 304 g/mol. The zero-order chi connectivity index (χ0) is 13.8. The molecule has 1 heterocycles. The minimum absolute atomic E-state index is 0.135. The summed E-state index contributed by atoms with van der Waals surface area (Å²) >= 11 is 3.26. The molecule has 1 aromatic carbocycles. The zero-order valence-corrected chi connectivity index (χ0v) is 12.4. The van der Waals surface area contributed by atoms with Gasteiger partial charge in [0.05, 0.1) is 0 Å². The average molecular weight is 319 g/mol. The van der Waals surface area contributed by atoms with E-state index >= 15 is 0 Å². The van der Waals surface area contributed by atoms with Crippen LogP contribution in [-0.4, -0.2) is 10.9 Å². The first-order chi connectivity index (χ1) is 9.06. The number of rotatable bonds is 3. The van der Waals surface area contributed by atoms with Crippen LogP contribution < -0.4 is 5.32 Å². The highest BCUT2D eigenvalue weighted by atomic mass is 79.9. The molecule has 0 aliphatic carbocycles. The molecule has 0 aliphatic heterocycles. The maximum atomic E-state index is 12.1. The first-order valence-electron chi connectivity index (χ1n) is 6.09. The van der Waals surface area contributed by atoms with Crippen molar-refractivity contribution in [3.63, 3.8) is 0 Å². The number of carbonyl (C=O) groups is 1. The molecule has 0 saturated heterocycles. The largest absolute Gasteiger partial charge is 0.322 e. The molecule has 3 nitrogen and oxygen atoms in total. The Labute approximate surface area is 121 Å². The van der Waals surface area contributed by atoms with Crippen molar-refractivity contribution in [1.82, 2.24) is 4.98 Å². The van der Waals surface area contributed by atoms with Crippen molar-refractivity contribution in [3.8, 4) is 0 Å². The highest BCUT2D eigenvalue weighted by molar-refractivity contribution is 9.10. The van der Waals surface area contributed by atoms with Crippen LogP contribution in [0.2, 0.25) is 0 Å². The summed E-state index contributed by atoms with van der Waals surface area (Å²) in [6.45, 7) is 4.25. The number of pyridine rings is 1. The summed E-state index contributed by atoms with van der Waals surface area (Å²) in [6, 6.07) is 11.3. The van der Waals surface area contributed by atoms with Crippen molar-refractivity contribution in [3.05, 3.63) is 58.3 Å². The van der Waals surface area contributed by atoms with Gasteiger partial charge in [-0.1, -0.05) is 26.0 Å². The predicted molar refractivity (Wildman–Crippen MR) is 80.4 cm³/mol. The Morgan fingerprint density at radius 1 is 1.26 bits per heavy atom. The number of benzene rings is 1. The van der Waals surface area contributed by atoms with Crippen LogP contribution >= 0.6 is 15.9 Å². The van der Waals surface area contributed by atoms with Gasteiger partial charge in [-0.05, 0) is 51.7 Å². The van der Waals surface area contributed by atoms with Gasteiger partial charge >= 0.3 is 0 Å². The van der Waals surface area contributed by atoms with Gasteiger partial charge in [-0.3, -0.25) is 4.79 Å². The van der Waals surface area contributed by atoms with Crippen molar-refractivity contribution in [2.45, 2.75) is 19.8 Å². The molecule has 0 saturated carbocycles. The summed E-state index contributed by atoms with van der Waals surface area (Å²) in [6.07, 6.45) is 1.60. The lowest BCUT2D eigenvalue weighted by molar-refractivity contribution is 0.102. The molecule has 4 heteroatoms. The fourth-order valence-electron chi connectivity index (χ4n) is 1.72. The maximum absolute atomic E-state index is 12.1. The van der Waals surface area contributed by atoms with Crippen LogP contribution in [0.15, 0.2) is 47.2 Å². The van der Waals surface area contributed by atoms with Crippen LogP contribution in [0, 0.1) is 0 Å². The number of carbonyl (C=O) groups excluding carboxylic acids is 1. The smallest absolute Gasteiger partial charge is 0.255 e. The second kappa shape index (κ2) is 5.97. The summed E-state index contributed by atoms with van der Waals surface area (Å²) in [5.41, 5.74) is 2.59. The molecular formula is C15H15BrN2O. The SMILES string of the molecule is CC(C)c1cccc(NC(=O)c2ccnc(Br)c2)c1. The van der Waals surface area contributed by atoms with Crippen molar-refractivity contribution < 1.29 is 4.79 Å². The van der Waals surface area contributed by atoms with Crippen molar-refractivity contribution in [2.24, 2.45) is 0 Å². The van der Waals surface area contributed by atoms with Crippen LogP contribution in [0.4, 0.5) is 5.69 Å². The Balaban J connectivity index is 2.17. The lowest BCUT2D eigenvalue weighted by atomic mass is 10.0. The van der Waals surface area contributed by atoms with Crippen LogP contribution in [0.25, 0.3) is 0 Å². The normalized spacial score (nSPS) is 10.5. The second-order valence-corrected chi connectivity index (χ2v) is 5.41. The molecule has 0 radical (unpaired) electrons. The summed E-state index contributed by atoms with van der Waals surface area (Å²) in [5.74, 6) is 0.302. The fourth-order valence-corrected chi connectivity index (χ4v) is 2.09. The van der Waals surface area contributed by atoms with Gasteiger partial charge in [-0.15, -0.1) is 0 Å². The number of hydrogen-bond donors (Lipinski definition) is 1. The van der Waals surface area contributed by atoms with Gasteiger partial charge in [0, 0.05) is 17.4 Å². The number of aromatic nitrogens is 1. The Morgan fingerprint density at radius 2 is 2.05 bits per heavy atom. The number of anilines is 1. The van der Waals surface area contributed by atoms with E-state index in [1.807, 2.05) is 18.2 Å². The highest BCUT2D eigenvalue weighted by Gasteiger charge is 2.07. The van der Waals surface area contributed by atoms with E-state index in [0.29, 0.717) is 16.1 Å². The van der Waals surface area contributed by atoms with E-state index in [-0.39, 0.29) is 5.91 Å². The molecule has 0 atom stereocenters. The molecule has 1 N–H and O–H groups in total. The molecule has 1 amide bonds. The standard InChI is InChI=1S/C15H15BrN2O/c1-10(2)11-4-3-5-13(8-11)18-15(19)12-6-7-17-14(16)9-12/h3-10H,1-2H3,(H,18,19). The number of hydrogen-bond acceptors (Lipinski definition) is 2. The first kappa shape index (κ1) is 13.7. The van der Waals surface area contributed by atoms with Crippen LogP contribution in [0.1, 0.15) is 35.7 Å². The van der Waals surface area contributed by atoms with Crippen molar-refractivity contribution >= 4 is 27.5 Å². The molecule has 0 spiro atoms. The molecule has 19 heavy (non-hydrogen) atoms. The third-order valence-electron chi connectivity index (χ3n) is 2.80. The Hall–Kier alpha value is -1.68. The maximum Gasteiger partial charge on any atom is 0.255 e. The van der Waals surface area contributed by atoms with E-state index in [2.05, 4.69) is 46.1 Å². The first-order valence-corrected chi connectivity index (χ1v) is 6.88. The van der Waals surface area contributed by atoms with E-state index in [9.17, 15) is 4.79 Å². The lowest BCUT2D eigenvalue weighted by Gasteiger charge is -2.09. The molecule has 2 rings (SSSR count). The molecule has 0 bridgehead atoms. The highest BCUT2D eigenvalue weighted by Crippen LogP contribution is 2.19. The molecule has 1 aromatic heterocycles. The molecule has 0 fully saturated rings. The third-order valence-corrected chi connectivity index (χ3v) is 3.23. The van der Waals surface area contributed by atoms with Gasteiger partial charge < -0.3 is 5.32 Å². The van der Waals surface area contributed by atoms with E-state index in [0.717, 1.165) is 5.69 Å². The number of amides is 1. The molecule has 98 valence electrons.